The molecule has 1 saturated heterocycles. The maximum Gasteiger partial charge on any atom is 0.253 e. The number of sulfonamides is 1. The van der Waals surface area contributed by atoms with Gasteiger partial charge in [0.15, 0.2) is 0 Å². The molecule has 11 heteroatoms. The van der Waals surface area contributed by atoms with E-state index in [1.165, 1.54) is 16.4 Å². The van der Waals surface area contributed by atoms with E-state index in [4.69, 9.17) is 34.8 Å². The fraction of sp³-hybridized carbons (Fsp3) is 0.444. The third kappa shape index (κ3) is 4.88. The maximum atomic E-state index is 13.0. The highest BCUT2D eigenvalue weighted by atomic mass is 35.5. The lowest BCUT2D eigenvalue weighted by molar-refractivity contribution is 0.0950. The minimum atomic E-state index is -3.81. The molecule has 1 aromatic carbocycles. The van der Waals surface area contributed by atoms with Crippen molar-refractivity contribution in [3.05, 3.63) is 44.7 Å². The molecule has 1 N–H and O–H groups in total. The first-order chi connectivity index (χ1) is 13.7. The largest absolute Gasteiger partial charge is 0.346 e. The molecule has 0 saturated carbocycles. The minimum Gasteiger partial charge on any atom is -0.346 e. The van der Waals surface area contributed by atoms with Crippen molar-refractivity contribution in [2.45, 2.75) is 44.2 Å². The van der Waals surface area contributed by atoms with Crippen LogP contribution in [-0.2, 0) is 23.1 Å². The topological polar surface area (TPSA) is 84.3 Å². The predicted octanol–water partition coefficient (Wildman–Crippen LogP) is 3.97. The van der Waals surface area contributed by atoms with Crippen molar-refractivity contribution in [1.29, 1.82) is 0 Å². The minimum absolute atomic E-state index is 0.0122. The second-order valence-corrected chi connectivity index (χ2v) is 9.82. The Hall–Kier alpha value is -1.32. The Bertz CT molecular complexity index is 1020. The van der Waals surface area contributed by atoms with Gasteiger partial charge in [0.1, 0.15) is 10.6 Å². The molecule has 1 fully saturated rings. The fourth-order valence-electron chi connectivity index (χ4n) is 3.12. The Morgan fingerprint density at radius 3 is 2.41 bits per heavy atom. The standard InChI is InChI=1S/C18H21Cl3N4O3S/c1-2-24-11-15(21)16(23-24)10-22-18(26)12-8-17(14(20)9-13(12)19)29(27,28)25-6-4-3-5-7-25/h8-9,11H,2-7,10H2,1H3,(H,22,26). The van der Waals surface area contributed by atoms with E-state index in [2.05, 4.69) is 10.4 Å². The molecule has 1 amide bonds. The number of amides is 1. The van der Waals surface area contributed by atoms with Gasteiger partial charge < -0.3 is 5.32 Å². The molecule has 0 aliphatic carbocycles. The third-order valence-corrected chi connectivity index (χ3v) is 7.72. The summed E-state index contributed by atoms with van der Waals surface area (Å²) in [5.74, 6) is -0.538. The average molecular weight is 480 g/mol. The van der Waals surface area contributed by atoms with Gasteiger partial charge in [0.25, 0.3) is 5.91 Å². The van der Waals surface area contributed by atoms with Crippen molar-refractivity contribution in [2.75, 3.05) is 13.1 Å². The summed E-state index contributed by atoms with van der Waals surface area (Å²) < 4.78 is 29.0. The normalized spacial score (nSPS) is 15.4. The Labute approximate surface area is 185 Å². The molecule has 2 aromatic rings. The number of aromatic nitrogens is 2. The van der Waals surface area contributed by atoms with Gasteiger partial charge in [-0.15, -0.1) is 0 Å². The monoisotopic (exact) mass is 478 g/mol. The molecular formula is C18H21Cl3N4O3S. The van der Waals surface area contributed by atoms with Crippen molar-refractivity contribution in [3.63, 3.8) is 0 Å². The van der Waals surface area contributed by atoms with Crippen molar-refractivity contribution >= 4 is 50.7 Å². The summed E-state index contributed by atoms with van der Waals surface area (Å²) in [6, 6.07) is 2.52. The van der Waals surface area contributed by atoms with E-state index in [-0.39, 0.29) is 27.0 Å². The summed E-state index contributed by atoms with van der Waals surface area (Å²) in [5.41, 5.74) is 0.533. The van der Waals surface area contributed by atoms with Crippen LogP contribution in [0.2, 0.25) is 15.1 Å². The first-order valence-corrected chi connectivity index (χ1v) is 11.8. The van der Waals surface area contributed by atoms with Crippen LogP contribution >= 0.6 is 34.8 Å². The molecule has 7 nitrogen and oxygen atoms in total. The van der Waals surface area contributed by atoms with E-state index < -0.39 is 15.9 Å². The van der Waals surface area contributed by atoms with Crippen molar-refractivity contribution in [2.24, 2.45) is 0 Å². The van der Waals surface area contributed by atoms with Crippen LogP contribution in [0.3, 0.4) is 0 Å². The SMILES string of the molecule is CCn1cc(Cl)c(CNC(=O)c2cc(S(=O)(=O)N3CCCCC3)c(Cl)cc2Cl)n1. The third-order valence-electron chi connectivity index (χ3n) is 4.73. The van der Waals surface area contributed by atoms with E-state index in [1.807, 2.05) is 6.92 Å². The molecule has 0 spiro atoms. The summed E-state index contributed by atoms with van der Waals surface area (Å²) in [6.07, 6.45) is 4.25. The molecule has 158 valence electrons. The van der Waals surface area contributed by atoms with Crippen LogP contribution in [0.5, 0.6) is 0 Å². The van der Waals surface area contributed by atoms with Crippen LogP contribution in [-0.4, -0.2) is 41.5 Å². The van der Waals surface area contributed by atoms with Crippen LogP contribution in [0, 0.1) is 0 Å². The number of hydrogen-bond acceptors (Lipinski definition) is 4. The van der Waals surface area contributed by atoms with Gasteiger partial charge in [0, 0.05) is 25.8 Å². The molecule has 2 heterocycles. The van der Waals surface area contributed by atoms with Crippen molar-refractivity contribution < 1.29 is 13.2 Å². The van der Waals surface area contributed by atoms with E-state index in [1.54, 1.807) is 10.9 Å². The zero-order valence-electron chi connectivity index (χ0n) is 15.8. The Kier molecular flexibility index (Phi) is 7.11. The van der Waals surface area contributed by atoms with E-state index >= 15 is 0 Å². The Morgan fingerprint density at radius 1 is 1.10 bits per heavy atom. The Morgan fingerprint density at radius 2 is 1.79 bits per heavy atom. The Balaban J connectivity index is 1.84. The van der Waals surface area contributed by atoms with E-state index in [0.29, 0.717) is 30.4 Å². The summed E-state index contributed by atoms with van der Waals surface area (Å²) in [6.45, 7) is 3.51. The number of benzene rings is 1. The number of halogens is 3. The van der Waals surface area contributed by atoms with Crippen LogP contribution in [0.25, 0.3) is 0 Å². The highest BCUT2D eigenvalue weighted by Gasteiger charge is 2.29. The van der Waals surface area contributed by atoms with Crippen LogP contribution < -0.4 is 5.32 Å². The number of aryl methyl sites for hydroxylation is 1. The van der Waals surface area contributed by atoms with Gasteiger partial charge in [0.2, 0.25) is 10.0 Å². The summed E-state index contributed by atoms with van der Waals surface area (Å²) >= 11 is 18.5. The highest BCUT2D eigenvalue weighted by molar-refractivity contribution is 7.89. The molecule has 0 bridgehead atoms. The van der Waals surface area contributed by atoms with Gasteiger partial charge in [-0.2, -0.15) is 9.40 Å². The summed E-state index contributed by atoms with van der Waals surface area (Å²) in [4.78, 5) is 12.5. The zero-order valence-corrected chi connectivity index (χ0v) is 18.9. The van der Waals surface area contributed by atoms with Gasteiger partial charge in [-0.1, -0.05) is 41.2 Å². The van der Waals surface area contributed by atoms with Crippen LogP contribution in [0.15, 0.2) is 23.2 Å². The number of carbonyl (C=O) groups excluding carboxylic acids is 1. The molecule has 3 rings (SSSR count). The van der Waals surface area contributed by atoms with Crippen molar-refractivity contribution in [1.82, 2.24) is 19.4 Å². The van der Waals surface area contributed by atoms with Crippen molar-refractivity contribution in [3.8, 4) is 0 Å². The number of nitrogens with one attached hydrogen (secondary N) is 1. The lowest BCUT2D eigenvalue weighted by Crippen LogP contribution is -2.36. The fourth-order valence-corrected chi connectivity index (χ4v) is 5.69. The smallest absolute Gasteiger partial charge is 0.253 e. The molecule has 1 aromatic heterocycles. The van der Waals surface area contributed by atoms with Crippen LogP contribution in [0.1, 0.15) is 42.2 Å². The number of rotatable bonds is 6. The molecule has 0 radical (unpaired) electrons. The first kappa shape index (κ1) is 22.4. The van der Waals surface area contributed by atoms with Gasteiger partial charge in [-0.25, -0.2) is 8.42 Å². The van der Waals surface area contributed by atoms with Gasteiger partial charge >= 0.3 is 0 Å². The quantitative estimate of drug-likeness (QED) is 0.679. The second-order valence-electron chi connectivity index (χ2n) is 6.69. The number of nitrogens with zero attached hydrogens (tertiary/aromatic N) is 3. The lowest BCUT2D eigenvalue weighted by Gasteiger charge is -2.26. The molecule has 1 aliphatic heterocycles. The second kappa shape index (κ2) is 9.22. The number of carbonyl (C=O) groups is 1. The summed E-state index contributed by atoms with van der Waals surface area (Å²) in [5, 5.41) is 7.42. The number of piperidine rings is 1. The first-order valence-electron chi connectivity index (χ1n) is 9.23. The maximum absolute atomic E-state index is 13.0. The molecule has 1 aliphatic rings. The summed E-state index contributed by atoms with van der Waals surface area (Å²) in [7, 11) is -3.81. The van der Waals surface area contributed by atoms with Gasteiger partial charge in [0.05, 0.1) is 27.2 Å². The molecule has 0 atom stereocenters. The highest BCUT2D eigenvalue weighted by Crippen LogP contribution is 2.32. The average Bonchev–Trinajstić information content (AvgIpc) is 3.06. The van der Waals surface area contributed by atoms with Crippen LogP contribution in [0.4, 0.5) is 0 Å². The molecule has 29 heavy (non-hydrogen) atoms. The zero-order chi connectivity index (χ0) is 21.2. The predicted molar refractivity (Wildman–Crippen MR) is 113 cm³/mol. The lowest BCUT2D eigenvalue weighted by atomic mass is 10.2. The van der Waals surface area contributed by atoms with E-state index in [9.17, 15) is 13.2 Å². The molecule has 0 unspecified atom stereocenters. The van der Waals surface area contributed by atoms with Gasteiger partial charge in [-0.3, -0.25) is 9.48 Å². The van der Waals surface area contributed by atoms with E-state index in [0.717, 1.165) is 19.3 Å². The molecular weight excluding hydrogens is 459 g/mol. The van der Waals surface area contributed by atoms with Gasteiger partial charge in [-0.05, 0) is 31.9 Å². The number of hydrogen-bond donors (Lipinski definition) is 1.